The fourth-order valence-corrected chi connectivity index (χ4v) is 2.99. The number of para-hydroxylation sites is 2. The lowest BCUT2D eigenvalue weighted by Gasteiger charge is -2.12. The minimum Gasteiger partial charge on any atom is -0.436 e. The SMILES string of the molecule is CN(C)c1ccc(/C=C(\C(=O)c2ccccc2)c2nc3ccccc3o2)cc1. The van der Waals surface area contributed by atoms with E-state index in [1.54, 1.807) is 12.1 Å². The van der Waals surface area contributed by atoms with Crippen LogP contribution in [-0.4, -0.2) is 24.9 Å². The molecule has 0 spiro atoms. The molecule has 0 fully saturated rings. The van der Waals surface area contributed by atoms with Crippen LogP contribution in [0.15, 0.2) is 83.3 Å². The summed E-state index contributed by atoms with van der Waals surface area (Å²) >= 11 is 0. The number of nitrogens with zero attached hydrogens (tertiary/aromatic N) is 2. The number of anilines is 1. The summed E-state index contributed by atoms with van der Waals surface area (Å²) in [6.07, 6.45) is 1.83. The number of benzene rings is 3. The van der Waals surface area contributed by atoms with Crippen molar-refractivity contribution in [2.75, 3.05) is 19.0 Å². The number of ketones is 1. The van der Waals surface area contributed by atoms with E-state index in [2.05, 4.69) is 4.98 Å². The number of hydrogen-bond acceptors (Lipinski definition) is 4. The second kappa shape index (κ2) is 7.53. The van der Waals surface area contributed by atoms with E-state index in [4.69, 9.17) is 4.42 Å². The minimum atomic E-state index is -0.121. The smallest absolute Gasteiger partial charge is 0.231 e. The van der Waals surface area contributed by atoms with Crippen LogP contribution < -0.4 is 4.90 Å². The normalized spacial score (nSPS) is 11.6. The molecule has 0 aliphatic heterocycles. The Morgan fingerprint density at radius 2 is 1.57 bits per heavy atom. The monoisotopic (exact) mass is 368 g/mol. The molecule has 4 aromatic rings. The molecule has 0 saturated carbocycles. The molecule has 0 aliphatic rings. The molecule has 28 heavy (non-hydrogen) atoms. The average Bonchev–Trinajstić information content (AvgIpc) is 3.16. The first-order valence-electron chi connectivity index (χ1n) is 9.06. The summed E-state index contributed by atoms with van der Waals surface area (Å²) < 4.78 is 5.90. The predicted octanol–water partition coefficient (Wildman–Crippen LogP) is 5.32. The Bertz CT molecular complexity index is 1110. The zero-order valence-electron chi connectivity index (χ0n) is 15.8. The van der Waals surface area contributed by atoms with Crippen LogP contribution in [0, 0.1) is 0 Å². The van der Waals surface area contributed by atoms with E-state index in [1.165, 1.54) is 0 Å². The molecule has 1 aromatic heterocycles. The van der Waals surface area contributed by atoms with Crippen molar-refractivity contribution in [2.45, 2.75) is 0 Å². The van der Waals surface area contributed by atoms with E-state index in [-0.39, 0.29) is 5.78 Å². The van der Waals surface area contributed by atoms with Crippen molar-refractivity contribution >= 4 is 34.2 Å². The topological polar surface area (TPSA) is 46.3 Å². The third-order valence-electron chi connectivity index (χ3n) is 4.53. The van der Waals surface area contributed by atoms with E-state index in [9.17, 15) is 4.79 Å². The summed E-state index contributed by atoms with van der Waals surface area (Å²) in [5.41, 5.74) is 4.42. The molecule has 1 heterocycles. The third-order valence-corrected chi connectivity index (χ3v) is 4.53. The van der Waals surface area contributed by atoms with Gasteiger partial charge < -0.3 is 9.32 Å². The fourth-order valence-electron chi connectivity index (χ4n) is 2.99. The van der Waals surface area contributed by atoms with Gasteiger partial charge in [0.25, 0.3) is 0 Å². The van der Waals surface area contributed by atoms with E-state index < -0.39 is 0 Å². The molecule has 4 heteroatoms. The molecular formula is C24H20N2O2. The molecular weight excluding hydrogens is 348 g/mol. The molecule has 0 N–H and O–H groups in total. The summed E-state index contributed by atoms with van der Waals surface area (Å²) in [6, 6.07) is 24.7. The minimum absolute atomic E-state index is 0.121. The first-order chi connectivity index (χ1) is 13.6. The van der Waals surface area contributed by atoms with Gasteiger partial charge in [-0.25, -0.2) is 4.98 Å². The summed E-state index contributed by atoms with van der Waals surface area (Å²) in [6.45, 7) is 0. The number of fused-ring (bicyclic) bond motifs is 1. The molecule has 138 valence electrons. The molecule has 0 amide bonds. The number of rotatable bonds is 5. The third kappa shape index (κ3) is 3.58. The lowest BCUT2D eigenvalue weighted by molar-refractivity contribution is 0.105. The zero-order valence-corrected chi connectivity index (χ0v) is 15.8. The number of carbonyl (C=O) groups excluding carboxylic acids is 1. The Labute approximate surface area is 163 Å². The second-order valence-electron chi connectivity index (χ2n) is 6.73. The lowest BCUT2D eigenvalue weighted by Crippen LogP contribution is -2.08. The standard InChI is InChI=1S/C24H20N2O2/c1-26(2)19-14-12-17(13-15-19)16-20(23(27)18-8-4-3-5-9-18)24-25-21-10-6-7-11-22(21)28-24/h3-16H,1-2H3/b20-16+. The Balaban J connectivity index is 1.82. The maximum atomic E-state index is 13.2. The van der Waals surface area contributed by atoms with Crippen LogP contribution in [0.2, 0.25) is 0 Å². The van der Waals surface area contributed by atoms with E-state index in [0.29, 0.717) is 22.6 Å². The highest BCUT2D eigenvalue weighted by Crippen LogP contribution is 2.26. The van der Waals surface area contributed by atoms with Gasteiger partial charge in [0.15, 0.2) is 11.4 Å². The van der Waals surface area contributed by atoms with Gasteiger partial charge in [0, 0.05) is 25.3 Å². The van der Waals surface area contributed by atoms with Gasteiger partial charge in [-0.3, -0.25) is 4.79 Å². The van der Waals surface area contributed by atoms with Crippen molar-refractivity contribution in [3.8, 4) is 0 Å². The number of oxazole rings is 1. The van der Waals surface area contributed by atoms with Crippen molar-refractivity contribution in [2.24, 2.45) is 0 Å². The molecule has 0 atom stereocenters. The summed E-state index contributed by atoms with van der Waals surface area (Å²) in [7, 11) is 3.99. The fraction of sp³-hybridized carbons (Fsp3) is 0.0833. The Morgan fingerprint density at radius 3 is 2.25 bits per heavy atom. The Kier molecular flexibility index (Phi) is 4.77. The Hall–Kier alpha value is -3.66. The van der Waals surface area contributed by atoms with E-state index in [0.717, 1.165) is 16.8 Å². The van der Waals surface area contributed by atoms with Crippen LogP contribution in [0.5, 0.6) is 0 Å². The van der Waals surface area contributed by atoms with Gasteiger partial charge >= 0.3 is 0 Å². The van der Waals surface area contributed by atoms with Gasteiger partial charge in [0.2, 0.25) is 5.89 Å². The number of aromatic nitrogens is 1. The molecule has 0 unspecified atom stereocenters. The van der Waals surface area contributed by atoms with Gasteiger partial charge in [-0.1, -0.05) is 54.6 Å². The first kappa shape index (κ1) is 17.7. The molecule has 4 nitrogen and oxygen atoms in total. The van der Waals surface area contributed by atoms with Crippen LogP contribution in [-0.2, 0) is 0 Å². The van der Waals surface area contributed by atoms with Crippen molar-refractivity contribution in [1.82, 2.24) is 4.98 Å². The largest absolute Gasteiger partial charge is 0.436 e. The van der Waals surface area contributed by atoms with Gasteiger partial charge in [0.05, 0.1) is 5.57 Å². The van der Waals surface area contributed by atoms with E-state index in [1.807, 2.05) is 91.8 Å². The molecule has 0 radical (unpaired) electrons. The number of allylic oxidation sites excluding steroid dienone is 1. The average molecular weight is 368 g/mol. The van der Waals surface area contributed by atoms with Crippen LogP contribution in [0.1, 0.15) is 21.8 Å². The molecule has 0 bridgehead atoms. The van der Waals surface area contributed by atoms with Crippen LogP contribution in [0.4, 0.5) is 5.69 Å². The highest BCUT2D eigenvalue weighted by Gasteiger charge is 2.20. The quantitative estimate of drug-likeness (QED) is 0.353. The van der Waals surface area contributed by atoms with Crippen molar-refractivity contribution in [1.29, 1.82) is 0 Å². The van der Waals surface area contributed by atoms with Crippen molar-refractivity contribution in [3.05, 3.63) is 95.9 Å². The maximum absolute atomic E-state index is 13.2. The summed E-state index contributed by atoms with van der Waals surface area (Å²) in [5, 5.41) is 0. The Morgan fingerprint density at radius 1 is 0.893 bits per heavy atom. The second-order valence-corrected chi connectivity index (χ2v) is 6.73. The number of hydrogen-bond donors (Lipinski definition) is 0. The maximum Gasteiger partial charge on any atom is 0.231 e. The van der Waals surface area contributed by atoms with Crippen LogP contribution >= 0.6 is 0 Å². The van der Waals surface area contributed by atoms with Gasteiger partial charge in [0.1, 0.15) is 5.52 Å². The summed E-state index contributed by atoms with van der Waals surface area (Å²) in [4.78, 5) is 19.8. The first-order valence-corrected chi connectivity index (χ1v) is 9.06. The molecule has 0 saturated heterocycles. The van der Waals surface area contributed by atoms with Crippen LogP contribution in [0.25, 0.3) is 22.7 Å². The van der Waals surface area contributed by atoms with Crippen molar-refractivity contribution < 1.29 is 9.21 Å². The predicted molar refractivity (Wildman–Crippen MR) is 113 cm³/mol. The number of Topliss-reactive ketones (excluding diaryl/α,β-unsaturated/α-hetero) is 1. The molecule has 0 aliphatic carbocycles. The van der Waals surface area contributed by atoms with Crippen LogP contribution in [0.3, 0.4) is 0 Å². The highest BCUT2D eigenvalue weighted by atomic mass is 16.3. The van der Waals surface area contributed by atoms with Gasteiger partial charge in [-0.05, 0) is 35.9 Å². The van der Waals surface area contributed by atoms with E-state index >= 15 is 0 Å². The summed E-state index contributed by atoms with van der Waals surface area (Å²) in [5.74, 6) is 0.204. The number of carbonyl (C=O) groups is 1. The highest BCUT2D eigenvalue weighted by molar-refractivity contribution is 6.31. The lowest BCUT2D eigenvalue weighted by atomic mass is 10.0. The zero-order chi connectivity index (χ0) is 19.5. The van der Waals surface area contributed by atoms with Gasteiger partial charge in [-0.15, -0.1) is 0 Å². The van der Waals surface area contributed by atoms with Gasteiger partial charge in [-0.2, -0.15) is 0 Å². The molecule has 3 aromatic carbocycles. The molecule has 4 rings (SSSR count). The van der Waals surface area contributed by atoms with Crippen molar-refractivity contribution in [3.63, 3.8) is 0 Å².